The summed E-state index contributed by atoms with van der Waals surface area (Å²) in [5.41, 5.74) is 3.46. The summed E-state index contributed by atoms with van der Waals surface area (Å²) in [4.78, 5) is 11.7. The first-order chi connectivity index (χ1) is 11.6. The van der Waals surface area contributed by atoms with Crippen LogP contribution in [0.5, 0.6) is 0 Å². The highest BCUT2D eigenvalue weighted by Crippen LogP contribution is 2.22. The zero-order valence-electron chi connectivity index (χ0n) is 13.6. The van der Waals surface area contributed by atoms with Crippen molar-refractivity contribution < 1.29 is 9.18 Å². The highest BCUT2D eigenvalue weighted by molar-refractivity contribution is 5.99. The number of aromatic nitrogens is 2. The molecule has 0 atom stereocenters. The van der Waals surface area contributed by atoms with Crippen molar-refractivity contribution in [2.75, 3.05) is 5.32 Å². The summed E-state index contributed by atoms with van der Waals surface area (Å²) in [6.07, 6.45) is 1.90. The molecular weight excluding hydrogens is 305 g/mol. The van der Waals surface area contributed by atoms with E-state index in [9.17, 15) is 9.18 Å². The lowest BCUT2D eigenvalue weighted by atomic mass is 10.1. The lowest BCUT2D eigenvalue weighted by Crippen LogP contribution is -2.09. The van der Waals surface area contributed by atoms with E-state index in [1.807, 2.05) is 48.1 Å². The van der Waals surface area contributed by atoms with Crippen molar-refractivity contribution in [3.63, 3.8) is 0 Å². The number of aryl methyl sites for hydroxylation is 1. The minimum Gasteiger partial charge on any atom is -0.380 e. The number of carbonyl (C=O) groups excluding carboxylic acids is 1. The summed E-state index contributed by atoms with van der Waals surface area (Å²) in [5.74, 6) is -0.810. The van der Waals surface area contributed by atoms with Crippen LogP contribution >= 0.6 is 0 Å². The fraction of sp³-hybridized carbons (Fsp3) is 0.158. The van der Waals surface area contributed by atoms with Crippen LogP contribution in [0.25, 0.3) is 5.69 Å². The molecule has 3 aromatic rings. The van der Waals surface area contributed by atoms with Gasteiger partial charge in [0.05, 0.1) is 16.9 Å². The first kappa shape index (κ1) is 15.9. The molecule has 0 unspecified atom stereocenters. The molecule has 2 aromatic carbocycles. The molecule has 1 heterocycles. The van der Waals surface area contributed by atoms with Gasteiger partial charge in [0, 0.05) is 18.4 Å². The van der Waals surface area contributed by atoms with Gasteiger partial charge in [-0.2, -0.15) is 5.10 Å². The second-order valence-electron chi connectivity index (χ2n) is 5.60. The smallest absolute Gasteiger partial charge is 0.164 e. The first-order valence-electron chi connectivity index (χ1n) is 7.70. The Labute approximate surface area is 139 Å². The van der Waals surface area contributed by atoms with E-state index in [0.717, 1.165) is 16.9 Å². The molecule has 0 aliphatic rings. The van der Waals surface area contributed by atoms with Gasteiger partial charge in [0.25, 0.3) is 0 Å². The topological polar surface area (TPSA) is 46.9 Å². The van der Waals surface area contributed by atoms with E-state index in [1.54, 1.807) is 12.1 Å². The Morgan fingerprint density at radius 2 is 1.96 bits per heavy atom. The first-order valence-corrected chi connectivity index (χ1v) is 7.70. The maximum absolute atomic E-state index is 13.9. The molecule has 3 rings (SSSR count). The second-order valence-corrected chi connectivity index (χ2v) is 5.60. The zero-order chi connectivity index (χ0) is 17.1. The van der Waals surface area contributed by atoms with Gasteiger partial charge in [-0.3, -0.25) is 4.79 Å². The van der Waals surface area contributed by atoms with Crippen molar-refractivity contribution in [1.82, 2.24) is 9.78 Å². The highest BCUT2D eigenvalue weighted by Gasteiger charge is 2.13. The van der Waals surface area contributed by atoms with Gasteiger partial charge >= 0.3 is 0 Å². The monoisotopic (exact) mass is 323 g/mol. The third-order valence-electron chi connectivity index (χ3n) is 3.80. The zero-order valence-corrected chi connectivity index (χ0v) is 13.6. The van der Waals surface area contributed by atoms with Gasteiger partial charge in [-0.1, -0.05) is 24.3 Å². The van der Waals surface area contributed by atoms with Crippen LogP contribution in [0, 0.1) is 12.7 Å². The highest BCUT2D eigenvalue weighted by atomic mass is 19.1. The number of hydrogen-bond acceptors (Lipinski definition) is 3. The number of carbonyl (C=O) groups is 1. The van der Waals surface area contributed by atoms with Crippen LogP contribution in [-0.4, -0.2) is 15.6 Å². The van der Waals surface area contributed by atoms with Crippen LogP contribution in [0.2, 0.25) is 0 Å². The fourth-order valence-electron chi connectivity index (χ4n) is 2.65. The predicted octanol–water partition coefficient (Wildman–Crippen LogP) is 4.13. The summed E-state index contributed by atoms with van der Waals surface area (Å²) < 4.78 is 15.7. The summed E-state index contributed by atoms with van der Waals surface area (Å²) in [6.45, 7) is 3.76. The van der Waals surface area contributed by atoms with Crippen molar-refractivity contribution in [3.05, 3.63) is 77.4 Å². The minimum absolute atomic E-state index is 0.0879. The number of nitrogens with one attached hydrogen (secondary N) is 1. The molecular formula is C19H18FN3O. The Bertz CT molecular complexity index is 886. The van der Waals surface area contributed by atoms with Crippen molar-refractivity contribution in [2.24, 2.45) is 0 Å². The third kappa shape index (κ3) is 3.20. The number of para-hydroxylation sites is 1. The van der Waals surface area contributed by atoms with Gasteiger partial charge in [-0.05, 0) is 43.7 Å². The van der Waals surface area contributed by atoms with Crippen LogP contribution in [0.15, 0.2) is 54.7 Å². The molecule has 0 fully saturated rings. The number of anilines is 1. The number of ketones is 1. The molecule has 0 aliphatic carbocycles. The number of halogens is 1. The minimum atomic E-state index is -0.511. The Hall–Kier alpha value is -2.95. The molecule has 4 nitrogen and oxygen atoms in total. The molecule has 0 saturated carbocycles. The van der Waals surface area contributed by atoms with Gasteiger partial charge in [0.15, 0.2) is 5.78 Å². The van der Waals surface area contributed by atoms with E-state index in [0.29, 0.717) is 12.2 Å². The molecule has 24 heavy (non-hydrogen) atoms. The fourth-order valence-corrected chi connectivity index (χ4v) is 2.65. The molecule has 0 radical (unpaired) electrons. The largest absolute Gasteiger partial charge is 0.380 e. The van der Waals surface area contributed by atoms with Crippen LogP contribution < -0.4 is 5.32 Å². The summed E-state index contributed by atoms with van der Waals surface area (Å²) >= 11 is 0. The second kappa shape index (κ2) is 6.66. The maximum atomic E-state index is 13.9. The van der Waals surface area contributed by atoms with Gasteiger partial charge in [0.2, 0.25) is 0 Å². The van der Waals surface area contributed by atoms with Crippen LogP contribution in [0.4, 0.5) is 10.1 Å². The molecule has 0 saturated heterocycles. The van der Waals surface area contributed by atoms with Crippen molar-refractivity contribution in [2.45, 2.75) is 20.4 Å². The lowest BCUT2D eigenvalue weighted by Gasteiger charge is -2.14. The summed E-state index contributed by atoms with van der Waals surface area (Å²) in [7, 11) is 0. The normalized spacial score (nSPS) is 10.6. The van der Waals surface area contributed by atoms with Crippen LogP contribution in [0.1, 0.15) is 28.5 Å². The third-order valence-corrected chi connectivity index (χ3v) is 3.80. The molecule has 0 bridgehead atoms. The lowest BCUT2D eigenvalue weighted by molar-refractivity contribution is 0.101. The predicted molar refractivity (Wildman–Crippen MR) is 92.0 cm³/mol. The average molecular weight is 323 g/mol. The van der Waals surface area contributed by atoms with Crippen LogP contribution in [0.3, 0.4) is 0 Å². The van der Waals surface area contributed by atoms with Gasteiger partial charge in [-0.25, -0.2) is 9.07 Å². The quantitative estimate of drug-likeness (QED) is 0.718. The molecule has 0 spiro atoms. The molecule has 1 N–H and O–H groups in total. The van der Waals surface area contributed by atoms with E-state index >= 15 is 0 Å². The molecule has 1 aromatic heterocycles. The summed E-state index contributed by atoms with van der Waals surface area (Å²) in [5, 5.41) is 7.60. The van der Waals surface area contributed by atoms with Crippen molar-refractivity contribution in [1.29, 1.82) is 0 Å². The van der Waals surface area contributed by atoms with E-state index in [2.05, 4.69) is 10.4 Å². The van der Waals surface area contributed by atoms with E-state index in [1.165, 1.54) is 13.0 Å². The Morgan fingerprint density at radius 1 is 1.17 bits per heavy atom. The molecule has 5 heteroatoms. The number of hydrogen-bond donors (Lipinski definition) is 1. The Morgan fingerprint density at radius 3 is 2.67 bits per heavy atom. The van der Waals surface area contributed by atoms with Gasteiger partial charge in [-0.15, -0.1) is 0 Å². The number of nitrogens with zero attached hydrogens (tertiary/aromatic N) is 2. The molecule has 0 amide bonds. The maximum Gasteiger partial charge on any atom is 0.164 e. The number of benzene rings is 2. The number of rotatable bonds is 5. The Kier molecular flexibility index (Phi) is 4.42. The van der Waals surface area contributed by atoms with Gasteiger partial charge < -0.3 is 5.32 Å². The van der Waals surface area contributed by atoms with E-state index in [4.69, 9.17) is 0 Å². The van der Waals surface area contributed by atoms with E-state index < -0.39 is 5.82 Å². The molecule has 0 aliphatic heterocycles. The Balaban J connectivity index is 1.89. The van der Waals surface area contributed by atoms with Gasteiger partial charge in [0.1, 0.15) is 5.82 Å². The van der Waals surface area contributed by atoms with E-state index in [-0.39, 0.29) is 11.3 Å². The summed E-state index contributed by atoms with van der Waals surface area (Å²) in [6, 6.07) is 14.4. The standard InChI is InChI=1S/C19H18FN3O/c1-13-10-11-23(22-13)18-9-4-3-6-15(18)12-21-17-8-5-7-16(20)19(17)14(2)24/h3-11,21H,12H2,1-2H3. The molecule has 122 valence electrons. The number of Topliss-reactive ketones (excluding diaryl/α,β-unsaturated/α-hetero) is 1. The van der Waals surface area contributed by atoms with Crippen LogP contribution in [-0.2, 0) is 6.54 Å². The van der Waals surface area contributed by atoms with Crippen molar-refractivity contribution >= 4 is 11.5 Å². The average Bonchev–Trinajstić information content (AvgIpc) is 2.99. The van der Waals surface area contributed by atoms with Crippen molar-refractivity contribution in [3.8, 4) is 5.69 Å². The SMILES string of the molecule is CC(=O)c1c(F)cccc1NCc1ccccc1-n1ccc(C)n1.